The number of anilines is 2. The van der Waals surface area contributed by atoms with E-state index in [0.717, 1.165) is 30.5 Å². The Morgan fingerprint density at radius 1 is 0.962 bits per heavy atom. The Balaban J connectivity index is 1.10. The number of rotatable bonds is 10. The Morgan fingerprint density at radius 3 is 2.47 bits per heavy atom. The minimum absolute atomic E-state index is 0.0790. The van der Waals surface area contributed by atoms with Gasteiger partial charge >= 0.3 is 6.18 Å². The number of ether oxygens (including phenoxy) is 1. The summed E-state index contributed by atoms with van der Waals surface area (Å²) in [6.07, 6.45) is 1.67. The third kappa shape index (κ3) is 7.68. The van der Waals surface area contributed by atoms with Gasteiger partial charge in [0.15, 0.2) is 11.5 Å². The number of likely N-dealkylation sites (N-methyl/N-ethyl adjacent to an activating group) is 1. The third-order valence-corrected chi connectivity index (χ3v) is 9.25. The number of carbonyl (C=O) groups excluding carboxylic acids is 1. The first-order valence-electron chi connectivity index (χ1n) is 16.8. The van der Waals surface area contributed by atoms with Crippen LogP contribution in [0, 0.1) is 12.7 Å². The predicted octanol–water partition coefficient (Wildman–Crippen LogP) is 6.06. The molecule has 4 heterocycles. The number of aromatic nitrogens is 6. The Kier molecular flexibility index (Phi) is 9.81. The second kappa shape index (κ2) is 14.6. The van der Waals surface area contributed by atoms with Crippen LogP contribution in [0.5, 0.6) is 5.75 Å². The number of methoxy groups -OCH3 is 1. The maximum atomic E-state index is 15.2. The number of benzene rings is 3. The number of fused-ring (bicyclic) bond motifs is 1. The zero-order valence-electron chi connectivity index (χ0n) is 29.2. The molecule has 0 spiro atoms. The van der Waals surface area contributed by atoms with Gasteiger partial charge in [0.1, 0.15) is 17.9 Å². The first-order valence-corrected chi connectivity index (χ1v) is 16.8. The number of hydrogen-bond donors (Lipinski definition) is 2. The van der Waals surface area contributed by atoms with Gasteiger partial charge in [-0.2, -0.15) is 23.4 Å². The largest absolute Gasteiger partial charge is 0.497 e. The van der Waals surface area contributed by atoms with Gasteiger partial charge in [0, 0.05) is 56.6 Å². The molecule has 274 valence electrons. The molecule has 1 saturated heterocycles. The van der Waals surface area contributed by atoms with Gasteiger partial charge in [-0.05, 0) is 67.1 Å². The van der Waals surface area contributed by atoms with E-state index in [-0.39, 0.29) is 23.4 Å². The predicted molar refractivity (Wildman–Crippen MR) is 191 cm³/mol. The lowest BCUT2D eigenvalue weighted by atomic mass is 10.0. The van der Waals surface area contributed by atoms with Crippen LogP contribution in [0.1, 0.15) is 32.6 Å². The Labute approximate surface area is 302 Å². The Hall–Kier alpha value is -5.87. The zero-order valence-corrected chi connectivity index (χ0v) is 29.2. The standard InChI is InChI=1S/C37H36F4N10O2/c1-23-14-30(38)31(47-36(52)25-6-7-26(29(15-25)37(39,40)41)20-49-12-10-48(2)11-13-49)16-32(23)50-21-27(18-45-50)33-19-43-35-34(44-22-46-51(33)35)42-17-24-4-8-28(53-3)9-5-24/h4-9,14-16,18-19,21-22H,10-13,17,20H2,1-3H3,(H,47,52)(H,42,44,46). The van der Waals surface area contributed by atoms with Crippen molar-refractivity contribution in [3.8, 4) is 22.7 Å². The van der Waals surface area contributed by atoms with Crippen molar-refractivity contribution in [2.24, 2.45) is 0 Å². The van der Waals surface area contributed by atoms with Crippen molar-refractivity contribution in [3.05, 3.63) is 113 Å². The Morgan fingerprint density at radius 2 is 1.74 bits per heavy atom. The molecule has 1 amide bonds. The molecule has 1 aliphatic rings. The molecule has 1 fully saturated rings. The van der Waals surface area contributed by atoms with Crippen LogP contribution in [-0.4, -0.2) is 85.4 Å². The maximum Gasteiger partial charge on any atom is 0.416 e. The van der Waals surface area contributed by atoms with E-state index >= 15 is 4.39 Å². The maximum absolute atomic E-state index is 15.2. The second-order valence-electron chi connectivity index (χ2n) is 12.9. The van der Waals surface area contributed by atoms with Crippen molar-refractivity contribution in [2.75, 3.05) is 51.0 Å². The summed E-state index contributed by atoms with van der Waals surface area (Å²) >= 11 is 0. The molecule has 6 aromatic rings. The van der Waals surface area contributed by atoms with E-state index in [9.17, 15) is 18.0 Å². The molecule has 0 bridgehead atoms. The Bertz CT molecular complexity index is 2260. The molecule has 53 heavy (non-hydrogen) atoms. The minimum atomic E-state index is -4.68. The molecule has 0 radical (unpaired) electrons. The van der Waals surface area contributed by atoms with Gasteiger partial charge in [0.05, 0.1) is 42.1 Å². The lowest BCUT2D eigenvalue weighted by molar-refractivity contribution is -0.138. The number of piperazine rings is 1. The highest BCUT2D eigenvalue weighted by Gasteiger charge is 2.35. The second-order valence-corrected chi connectivity index (χ2v) is 12.9. The van der Waals surface area contributed by atoms with Crippen LogP contribution in [0.25, 0.3) is 22.6 Å². The summed E-state index contributed by atoms with van der Waals surface area (Å²) in [5, 5.41) is 14.6. The van der Waals surface area contributed by atoms with Gasteiger partial charge < -0.3 is 20.3 Å². The summed E-state index contributed by atoms with van der Waals surface area (Å²) in [6.45, 7) is 5.07. The number of imidazole rings is 1. The molecule has 0 saturated carbocycles. The van der Waals surface area contributed by atoms with Crippen molar-refractivity contribution in [1.29, 1.82) is 0 Å². The van der Waals surface area contributed by atoms with E-state index < -0.39 is 23.5 Å². The lowest BCUT2D eigenvalue weighted by Crippen LogP contribution is -2.44. The molecule has 7 rings (SSSR count). The molecule has 0 aliphatic carbocycles. The van der Waals surface area contributed by atoms with Crippen molar-refractivity contribution in [2.45, 2.75) is 26.2 Å². The number of nitrogens with one attached hydrogen (secondary N) is 2. The van der Waals surface area contributed by atoms with Crippen molar-refractivity contribution >= 4 is 23.1 Å². The van der Waals surface area contributed by atoms with Crippen LogP contribution in [0.3, 0.4) is 0 Å². The molecule has 12 nitrogen and oxygen atoms in total. The number of halogens is 4. The van der Waals surface area contributed by atoms with Crippen LogP contribution >= 0.6 is 0 Å². The number of hydrogen-bond acceptors (Lipinski definition) is 9. The van der Waals surface area contributed by atoms with Crippen LogP contribution in [0.15, 0.2) is 79.5 Å². The molecule has 1 aliphatic heterocycles. The zero-order chi connectivity index (χ0) is 37.3. The average Bonchev–Trinajstić information content (AvgIpc) is 3.81. The van der Waals surface area contributed by atoms with Gasteiger partial charge in [0.25, 0.3) is 5.91 Å². The first kappa shape index (κ1) is 35.5. The SMILES string of the molecule is COc1ccc(CNc2ncnn3c(-c4cnn(-c5cc(NC(=O)c6ccc(CN7CCN(C)CC7)c(C(F)(F)F)c6)c(F)cc5C)c4)cnc23)cc1. The highest BCUT2D eigenvalue weighted by Crippen LogP contribution is 2.34. The van der Waals surface area contributed by atoms with E-state index in [4.69, 9.17) is 4.74 Å². The summed E-state index contributed by atoms with van der Waals surface area (Å²) in [5.41, 5.74) is 2.45. The molecule has 0 unspecified atom stereocenters. The fourth-order valence-corrected chi connectivity index (χ4v) is 6.22. The number of amides is 1. The smallest absolute Gasteiger partial charge is 0.416 e. The van der Waals surface area contributed by atoms with Crippen molar-refractivity contribution in [1.82, 2.24) is 39.2 Å². The van der Waals surface area contributed by atoms with Crippen LogP contribution in [-0.2, 0) is 19.3 Å². The first-order chi connectivity index (χ1) is 25.5. The molecule has 3 aromatic carbocycles. The van der Waals surface area contributed by atoms with Gasteiger partial charge in [-0.3, -0.25) is 9.69 Å². The summed E-state index contributed by atoms with van der Waals surface area (Å²) < 4.78 is 66.1. The van der Waals surface area contributed by atoms with Gasteiger partial charge in [0.2, 0.25) is 0 Å². The highest BCUT2D eigenvalue weighted by molar-refractivity contribution is 6.04. The molecule has 16 heteroatoms. The van der Waals surface area contributed by atoms with E-state index in [1.165, 1.54) is 35.3 Å². The molecular formula is C37H36F4N10O2. The highest BCUT2D eigenvalue weighted by atomic mass is 19.4. The summed E-state index contributed by atoms with van der Waals surface area (Å²) in [4.78, 5) is 26.2. The van der Waals surface area contributed by atoms with E-state index in [2.05, 4.69) is 35.7 Å². The number of alkyl halides is 3. The quantitative estimate of drug-likeness (QED) is 0.162. The topological polar surface area (TPSA) is 118 Å². The monoisotopic (exact) mass is 728 g/mol. The van der Waals surface area contributed by atoms with E-state index in [1.54, 1.807) is 37.1 Å². The van der Waals surface area contributed by atoms with E-state index in [1.807, 2.05) is 36.2 Å². The summed E-state index contributed by atoms with van der Waals surface area (Å²) in [7, 11) is 3.58. The summed E-state index contributed by atoms with van der Waals surface area (Å²) in [5.74, 6) is -0.341. The van der Waals surface area contributed by atoms with Crippen molar-refractivity contribution < 1.29 is 27.1 Å². The third-order valence-electron chi connectivity index (χ3n) is 9.25. The number of carbonyl (C=O) groups is 1. The average molecular weight is 729 g/mol. The van der Waals surface area contributed by atoms with Crippen LogP contribution in [0.4, 0.5) is 29.1 Å². The normalized spacial score (nSPS) is 14.1. The molecule has 0 atom stereocenters. The number of aryl methyl sites for hydroxylation is 1. The van der Waals surface area contributed by atoms with Gasteiger partial charge in [-0.15, -0.1) is 0 Å². The van der Waals surface area contributed by atoms with Crippen LogP contribution < -0.4 is 15.4 Å². The van der Waals surface area contributed by atoms with Gasteiger partial charge in [-0.1, -0.05) is 18.2 Å². The number of nitrogens with zero attached hydrogens (tertiary/aromatic N) is 8. The van der Waals surface area contributed by atoms with E-state index in [0.29, 0.717) is 53.6 Å². The molecule has 2 N–H and O–H groups in total. The molecule has 3 aromatic heterocycles. The van der Waals surface area contributed by atoms with Crippen LogP contribution in [0.2, 0.25) is 0 Å². The van der Waals surface area contributed by atoms with Crippen molar-refractivity contribution in [3.63, 3.8) is 0 Å². The minimum Gasteiger partial charge on any atom is -0.497 e. The molecular weight excluding hydrogens is 692 g/mol. The van der Waals surface area contributed by atoms with Gasteiger partial charge in [-0.25, -0.2) is 23.6 Å². The summed E-state index contributed by atoms with van der Waals surface area (Å²) in [6, 6.07) is 13.7. The fraction of sp³-hybridized carbons (Fsp3) is 0.270. The fourth-order valence-electron chi connectivity index (χ4n) is 6.22. The lowest BCUT2D eigenvalue weighted by Gasteiger charge is -2.33.